The van der Waals surface area contributed by atoms with E-state index in [4.69, 9.17) is 10.3 Å². The highest BCUT2D eigenvalue weighted by molar-refractivity contribution is 5.92. The lowest BCUT2D eigenvalue weighted by atomic mass is 9.98. The summed E-state index contributed by atoms with van der Waals surface area (Å²) in [5, 5.41) is 3.78. The molecule has 2 N–H and O–H groups in total. The number of hydrogen-bond donors (Lipinski definition) is 1. The SMILES string of the molecule is Cc1cc(C(=O)N2CC3CCC(N)C3C2)no1. The summed E-state index contributed by atoms with van der Waals surface area (Å²) in [5.74, 6) is 1.71. The van der Waals surface area contributed by atoms with E-state index in [0.29, 0.717) is 23.3 Å². The second-order valence-corrected chi connectivity index (χ2v) is 5.20. The Hall–Kier alpha value is -1.36. The van der Waals surface area contributed by atoms with Crippen LogP contribution in [0.25, 0.3) is 0 Å². The van der Waals surface area contributed by atoms with E-state index < -0.39 is 0 Å². The van der Waals surface area contributed by atoms with E-state index in [2.05, 4.69) is 5.16 Å². The molecule has 1 saturated carbocycles. The van der Waals surface area contributed by atoms with Crippen LogP contribution in [0.3, 0.4) is 0 Å². The minimum absolute atomic E-state index is 0.0246. The first kappa shape index (κ1) is 10.8. The van der Waals surface area contributed by atoms with Crippen molar-refractivity contribution >= 4 is 5.91 Å². The highest BCUT2D eigenvalue weighted by atomic mass is 16.5. The predicted octanol–water partition coefficient (Wildman–Crippen LogP) is 0.792. The van der Waals surface area contributed by atoms with Crippen LogP contribution in [0.4, 0.5) is 0 Å². The lowest BCUT2D eigenvalue weighted by Crippen LogP contribution is -2.33. The Bertz CT molecular complexity index is 443. The second kappa shape index (κ2) is 3.84. The number of nitrogens with two attached hydrogens (primary N) is 1. The Labute approximate surface area is 99.9 Å². The van der Waals surface area contributed by atoms with Crippen LogP contribution < -0.4 is 5.73 Å². The third-order valence-electron chi connectivity index (χ3n) is 4.05. The molecule has 2 heterocycles. The smallest absolute Gasteiger partial charge is 0.276 e. The number of nitrogens with zero attached hydrogens (tertiary/aromatic N) is 2. The van der Waals surface area contributed by atoms with Crippen LogP contribution in [0.15, 0.2) is 10.6 Å². The predicted molar refractivity (Wildman–Crippen MR) is 61.3 cm³/mol. The summed E-state index contributed by atoms with van der Waals surface area (Å²) in [6.07, 6.45) is 2.24. The summed E-state index contributed by atoms with van der Waals surface area (Å²) in [6.45, 7) is 3.39. The van der Waals surface area contributed by atoms with Crippen molar-refractivity contribution in [2.24, 2.45) is 17.6 Å². The molecule has 1 amide bonds. The number of rotatable bonds is 1. The number of amides is 1. The van der Waals surface area contributed by atoms with Crippen molar-refractivity contribution < 1.29 is 9.32 Å². The van der Waals surface area contributed by atoms with Gasteiger partial charge in [0.05, 0.1) is 0 Å². The first-order chi connectivity index (χ1) is 8.15. The van der Waals surface area contributed by atoms with Crippen LogP contribution in [-0.4, -0.2) is 35.1 Å². The zero-order valence-electron chi connectivity index (χ0n) is 9.93. The van der Waals surface area contributed by atoms with Crippen LogP contribution in [0.2, 0.25) is 0 Å². The van der Waals surface area contributed by atoms with Gasteiger partial charge in [-0.3, -0.25) is 4.79 Å². The maximum Gasteiger partial charge on any atom is 0.276 e. The van der Waals surface area contributed by atoms with Crippen LogP contribution in [0.1, 0.15) is 29.1 Å². The van der Waals surface area contributed by atoms with Gasteiger partial charge in [-0.2, -0.15) is 0 Å². The molecule has 1 aromatic heterocycles. The number of aryl methyl sites for hydroxylation is 1. The summed E-state index contributed by atoms with van der Waals surface area (Å²) < 4.78 is 4.94. The molecule has 1 saturated heterocycles. The Morgan fingerprint density at radius 1 is 1.53 bits per heavy atom. The summed E-state index contributed by atoms with van der Waals surface area (Å²) >= 11 is 0. The molecule has 0 bridgehead atoms. The highest BCUT2D eigenvalue weighted by Crippen LogP contribution is 2.37. The highest BCUT2D eigenvalue weighted by Gasteiger charge is 2.42. The molecule has 1 aromatic rings. The van der Waals surface area contributed by atoms with Crippen LogP contribution in [-0.2, 0) is 0 Å². The number of aromatic nitrogens is 1. The molecule has 5 heteroatoms. The van der Waals surface area contributed by atoms with E-state index in [1.54, 1.807) is 13.0 Å². The quantitative estimate of drug-likeness (QED) is 0.781. The van der Waals surface area contributed by atoms with E-state index in [-0.39, 0.29) is 11.9 Å². The summed E-state index contributed by atoms with van der Waals surface area (Å²) in [7, 11) is 0. The minimum Gasteiger partial charge on any atom is -0.361 e. The fourth-order valence-corrected chi connectivity index (χ4v) is 3.10. The maximum atomic E-state index is 12.2. The average Bonchev–Trinajstić information content (AvgIpc) is 2.96. The third kappa shape index (κ3) is 1.74. The monoisotopic (exact) mass is 235 g/mol. The topological polar surface area (TPSA) is 72.4 Å². The first-order valence-electron chi connectivity index (χ1n) is 6.13. The summed E-state index contributed by atoms with van der Waals surface area (Å²) in [6, 6.07) is 1.95. The molecule has 2 aliphatic rings. The Balaban J connectivity index is 1.73. The molecule has 92 valence electrons. The van der Waals surface area contributed by atoms with E-state index >= 15 is 0 Å². The standard InChI is InChI=1S/C12H17N3O2/c1-7-4-11(14-17-7)12(16)15-5-8-2-3-10(13)9(8)6-15/h4,8-10H,2-3,5-6,13H2,1H3. The van der Waals surface area contributed by atoms with Gasteiger partial charge >= 0.3 is 0 Å². The Morgan fingerprint density at radius 3 is 3.00 bits per heavy atom. The zero-order valence-corrected chi connectivity index (χ0v) is 9.93. The fraction of sp³-hybridized carbons (Fsp3) is 0.667. The molecular weight excluding hydrogens is 218 g/mol. The van der Waals surface area contributed by atoms with Crippen molar-refractivity contribution in [1.29, 1.82) is 0 Å². The van der Waals surface area contributed by atoms with Crippen molar-refractivity contribution in [2.75, 3.05) is 13.1 Å². The Kier molecular flexibility index (Phi) is 2.43. The maximum absolute atomic E-state index is 12.2. The van der Waals surface area contributed by atoms with E-state index in [9.17, 15) is 4.79 Å². The van der Waals surface area contributed by atoms with Crippen LogP contribution >= 0.6 is 0 Å². The molecule has 3 unspecified atom stereocenters. The number of carbonyl (C=O) groups is 1. The van der Waals surface area contributed by atoms with Crippen molar-refractivity contribution in [3.05, 3.63) is 17.5 Å². The van der Waals surface area contributed by atoms with Crippen LogP contribution in [0.5, 0.6) is 0 Å². The van der Waals surface area contributed by atoms with Gasteiger partial charge in [0.1, 0.15) is 5.76 Å². The van der Waals surface area contributed by atoms with Crippen molar-refractivity contribution in [3.8, 4) is 0 Å². The molecule has 3 atom stereocenters. The number of hydrogen-bond acceptors (Lipinski definition) is 4. The molecule has 17 heavy (non-hydrogen) atoms. The molecule has 1 aliphatic carbocycles. The molecule has 1 aliphatic heterocycles. The normalized spacial score (nSPS) is 31.9. The van der Waals surface area contributed by atoms with Gasteiger partial charge in [-0.15, -0.1) is 0 Å². The summed E-state index contributed by atoms with van der Waals surface area (Å²) in [4.78, 5) is 14.0. The third-order valence-corrected chi connectivity index (χ3v) is 4.05. The van der Waals surface area contributed by atoms with Crippen molar-refractivity contribution in [1.82, 2.24) is 10.1 Å². The zero-order chi connectivity index (χ0) is 12.0. The number of carbonyl (C=O) groups excluding carboxylic acids is 1. The van der Waals surface area contributed by atoms with Gasteiger partial charge in [-0.05, 0) is 31.6 Å². The summed E-state index contributed by atoms with van der Waals surface area (Å²) in [5.41, 5.74) is 6.47. The minimum atomic E-state index is -0.0246. The van der Waals surface area contributed by atoms with Gasteiger partial charge in [-0.25, -0.2) is 0 Å². The first-order valence-corrected chi connectivity index (χ1v) is 6.13. The molecule has 5 nitrogen and oxygen atoms in total. The number of likely N-dealkylation sites (tertiary alicyclic amines) is 1. The van der Waals surface area contributed by atoms with E-state index in [1.165, 1.54) is 0 Å². The van der Waals surface area contributed by atoms with Gasteiger partial charge in [0.25, 0.3) is 5.91 Å². The molecular formula is C12H17N3O2. The van der Waals surface area contributed by atoms with Gasteiger partial charge in [0, 0.05) is 25.2 Å². The fourth-order valence-electron chi connectivity index (χ4n) is 3.10. The average molecular weight is 235 g/mol. The van der Waals surface area contributed by atoms with Gasteiger partial charge in [0.15, 0.2) is 5.69 Å². The van der Waals surface area contributed by atoms with Gasteiger partial charge in [-0.1, -0.05) is 5.16 Å². The number of fused-ring (bicyclic) bond motifs is 1. The lowest BCUT2D eigenvalue weighted by molar-refractivity contribution is 0.0769. The van der Waals surface area contributed by atoms with E-state index in [0.717, 1.165) is 25.9 Å². The van der Waals surface area contributed by atoms with Crippen molar-refractivity contribution in [2.45, 2.75) is 25.8 Å². The molecule has 0 spiro atoms. The second-order valence-electron chi connectivity index (χ2n) is 5.20. The lowest BCUT2D eigenvalue weighted by Gasteiger charge is -2.17. The van der Waals surface area contributed by atoms with Gasteiger partial charge < -0.3 is 15.2 Å². The van der Waals surface area contributed by atoms with E-state index in [1.807, 2.05) is 4.90 Å². The molecule has 0 radical (unpaired) electrons. The molecule has 3 rings (SSSR count). The molecule has 2 fully saturated rings. The largest absolute Gasteiger partial charge is 0.361 e. The van der Waals surface area contributed by atoms with Crippen molar-refractivity contribution in [3.63, 3.8) is 0 Å². The molecule has 0 aromatic carbocycles. The van der Waals surface area contributed by atoms with Crippen LogP contribution in [0, 0.1) is 18.8 Å². The van der Waals surface area contributed by atoms with Gasteiger partial charge in [0.2, 0.25) is 0 Å². The Morgan fingerprint density at radius 2 is 2.35 bits per heavy atom.